The molecule has 1 aliphatic heterocycles. The zero-order chi connectivity index (χ0) is 8.10. The van der Waals surface area contributed by atoms with Crippen LogP contribution in [0.2, 0.25) is 0 Å². The van der Waals surface area contributed by atoms with E-state index in [4.69, 9.17) is 16.3 Å². The minimum absolute atomic E-state index is 0.604. The smallest absolute Gasteiger partial charge is 0.0589 e. The topological polar surface area (TPSA) is 12.5 Å². The molecule has 0 N–H and O–H groups in total. The summed E-state index contributed by atoms with van der Waals surface area (Å²) in [5.41, 5.74) is 0. The minimum atomic E-state index is 0.604. The van der Waals surface area contributed by atoms with Crippen molar-refractivity contribution in [2.45, 2.75) is 18.9 Å². The van der Waals surface area contributed by atoms with E-state index in [1.165, 1.54) is 19.4 Å². The Labute approximate surface area is 73.5 Å². The molecule has 0 radical (unpaired) electrons. The van der Waals surface area contributed by atoms with E-state index in [2.05, 4.69) is 4.90 Å². The molecule has 1 rings (SSSR count). The monoisotopic (exact) mass is 177 g/mol. The van der Waals surface area contributed by atoms with Crippen molar-refractivity contribution in [3.8, 4) is 0 Å². The lowest BCUT2D eigenvalue weighted by Gasteiger charge is -2.21. The maximum atomic E-state index is 5.80. The van der Waals surface area contributed by atoms with Gasteiger partial charge < -0.3 is 4.74 Å². The van der Waals surface area contributed by atoms with Crippen LogP contribution >= 0.6 is 11.6 Å². The van der Waals surface area contributed by atoms with E-state index in [1.807, 2.05) is 0 Å². The van der Waals surface area contributed by atoms with E-state index in [0.717, 1.165) is 19.0 Å². The van der Waals surface area contributed by atoms with Gasteiger partial charge in [-0.3, -0.25) is 4.90 Å². The second-order valence-corrected chi connectivity index (χ2v) is 3.29. The third-order valence-corrected chi connectivity index (χ3v) is 2.62. The Balaban J connectivity index is 2.20. The number of rotatable bonds is 4. The van der Waals surface area contributed by atoms with Gasteiger partial charge in [0.2, 0.25) is 0 Å². The number of nitrogens with zero attached hydrogens (tertiary/aromatic N) is 1. The molecule has 0 aromatic heterocycles. The second-order valence-electron chi connectivity index (χ2n) is 2.98. The molecule has 0 amide bonds. The molecule has 0 aromatic carbocycles. The first-order valence-corrected chi connectivity index (χ1v) is 4.71. The molecule has 2 nitrogen and oxygen atoms in total. The Kier molecular flexibility index (Phi) is 4.20. The van der Waals surface area contributed by atoms with Gasteiger partial charge in [-0.25, -0.2) is 0 Å². The lowest BCUT2D eigenvalue weighted by atomic mass is 10.2. The first-order chi connectivity index (χ1) is 5.38. The van der Waals surface area contributed by atoms with Crippen molar-refractivity contribution in [3.05, 3.63) is 0 Å². The van der Waals surface area contributed by atoms with Crippen LogP contribution in [0.25, 0.3) is 0 Å². The number of ether oxygens (including phenoxy) is 1. The van der Waals surface area contributed by atoms with Crippen molar-refractivity contribution in [2.24, 2.45) is 0 Å². The van der Waals surface area contributed by atoms with E-state index in [-0.39, 0.29) is 0 Å². The van der Waals surface area contributed by atoms with Gasteiger partial charge in [0.05, 0.1) is 6.61 Å². The molecule has 1 aliphatic rings. The van der Waals surface area contributed by atoms with Gasteiger partial charge >= 0.3 is 0 Å². The highest BCUT2D eigenvalue weighted by atomic mass is 35.5. The number of alkyl halides is 1. The van der Waals surface area contributed by atoms with Crippen LogP contribution in [0, 0.1) is 0 Å². The lowest BCUT2D eigenvalue weighted by molar-refractivity contribution is 0.145. The van der Waals surface area contributed by atoms with Crippen LogP contribution in [0.1, 0.15) is 12.8 Å². The molecule has 0 bridgehead atoms. The van der Waals surface area contributed by atoms with Gasteiger partial charge in [0.25, 0.3) is 0 Å². The molecular weight excluding hydrogens is 162 g/mol. The first-order valence-electron chi connectivity index (χ1n) is 4.17. The van der Waals surface area contributed by atoms with Crippen LogP contribution < -0.4 is 0 Å². The van der Waals surface area contributed by atoms with Gasteiger partial charge in [0, 0.05) is 25.6 Å². The van der Waals surface area contributed by atoms with Crippen molar-refractivity contribution in [2.75, 3.05) is 32.7 Å². The van der Waals surface area contributed by atoms with Crippen LogP contribution in [-0.4, -0.2) is 43.6 Å². The van der Waals surface area contributed by atoms with Crippen molar-refractivity contribution >= 4 is 11.6 Å². The van der Waals surface area contributed by atoms with E-state index in [0.29, 0.717) is 6.04 Å². The molecule has 1 fully saturated rings. The summed E-state index contributed by atoms with van der Waals surface area (Å²) in [6.07, 6.45) is 2.55. The zero-order valence-electron chi connectivity index (χ0n) is 7.05. The Morgan fingerprint density at radius 3 is 3.09 bits per heavy atom. The third kappa shape index (κ3) is 2.62. The number of likely N-dealkylation sites (tertiary alicyclic amines) is 1. The van der Waals surface area contributed by atoms with Gasteiger partial charge in [-0.15, -0.1) is 11.6 Å². The molecule has 1 heterocycles. The predicted octanol–water partition coefficient (Wildman–Crippen LogP) is 1.34. The average molecular weight is 178 g/mol. The Morgan fingerprint density at radius 1 is 1.64 bits per heavy atom. The van der Waals surface area contributed by atoms with Crippen LogP contribution in [0.3, 0.4) is 0 Å². The number of halogens is 1. The lowest BCUT2D eigenvalue weighted by Crippen LogP contribution is -2.33. The van der Waals surface area contributed by atoms with Crippen LogP contribution in [0.4, 0.5) is 0 Å². The zero-order valence-corrected chi connectivity index (χ0v) is 7.81. The maximum Gasteiger partial charge on any atom is 0.0589 e. The van der Waals surface area contributed by atoms with Crippen molar-refractivity contribution in [1.29, 1.82) is 0 Å². The van der Waals surface area contributed by atoms with Gasteiger partial charge in [-0.2, -0.15) is 0 Å². The van der Waals surface area contributed by atoms with Crippen molar-refractivity contribution in [1.82, 2.24) is 4.90 Å². The summed E-state index contributed by atoms with van der Waals surface area (Å²) in [6.45, 7) is 3.06. The molecule has 0 saturated carbocycles. The molecule has 0 aliphatic carbocycles. The highest BCUT2D eigenvalue weighted by molar-refractivity contribution is 6.18. The number of methoxy groups -OCH3 is 1. The van der Waals surface area contributed by atoms with Gasteiger partial charge in [-0.1, -0.05) is 0 Å². The summed E-state index contributed by atoms with van der Waals surface area (Å²) in [6, 6.07) is 0.604. The summed E-state index contributed by atoms with van der Waals surface area (Å²) in [4.78, 5) is 2.41. The van der Waals surface area contributed by atoms with E-state index >= 15 is 0 Å². The molecule has 3 heteroatoms. The molecule has 11 heavy (non-hydrogen) atoms. The summed E-state index contributed by atoms with van der Waals surface area (Å²) >= 11 is 5.80. The molecule has 1 unspecified atom stereocenters. The standard InChI is InChI=1S/C8H16ClNO/c1-11-6-5-10-4-2-3-8(10)7-9/h8H,2-7H2,1H3. The summed E-state index contributed by atoms with van der Waals surface area (Å²) in [5.74, 6) is 0.768. The number of hydrogen-bond acceptors (Lipinski definition) is 2. The molecule has 0 spiro atoms. The summed E-state index contributed by atoms with van der Waals surface area (Å²) in [7, 11) is 1.74. The van der Waals surface area contributed by atoms with Crippen LogP contribution in [-0.2, 0) is 4.74 Å². The van der Waals surface area contributed by atoms with E-state index in [9.17, 15) is 0 Å². The Morgan fingerprint density at radius 2 is 2.45 bits per heavy atom. The van der Waals surface area contributed by atoms with Crippen LogP contribution in [0.5, 0.6) is 0 Å². The van der Waals surface area contributed by atoms with Gasteiger partial charge in [0.15, 0.2) is 0 Å². The van der Waals surface area contributed by atoms with Crippen molar-refractivity contribution < 1.29 is 4.74 Å². The van der Waals surface area contributed by atoms with E-state index in [1.54, 1.807) is 7.11 Å². The minimum Gasteiger partial charge on any atom is -0.383 e. The largest absolute Gasteiger partial charge is 0.383 e. The van der Waals surface area contributed by atoms with Crippen LogP contribution in [0.15, 0.2) is 0 Å². The normalized spacial score (nSPS) is 26.2. The average Bonchev–Trinajstić information content (AvgIpc) is 2.47. The highest BCUT2D eigenvalue weighted by Crippen LogP contribution is 2.17. The Bertz CT molecular complexity index is 110. The quantitative estimate of drug-likeness (QED) is 0.601. The fourth-order valence-electron chi connectivity index (χ4n) is 1.57. The van der Waals surface area contributed by atoms with Crippen molar-refractivity contribution in [3.63, 3.8) is 0 Å². The predicted molar refractivity (Wildman–Crippen MR) is 47.2 cm³/mol. The maximum absolute atomic E-state index is 5.80. The molecule has 1 atom stereocenters. The SMILES string of the molecule is COCCN1CCCC1CCl. The molecular formula is C8H16ClNO. The second kappa shape index (κ2) is 4.96. The molecule has 0 aromatic rings. The fraction of sp³-hybridized carbons (Fsp3) is 1.00. The highest BCUT2D eigenvalue weighted by Gasteiger charge is 2.22. The van der Waals surface area contributed by atoms with Gasteiger partial charge in [-0.05, 0) is 19.4 Å². The first kappa shape index (κ1) is 9.30. The fourth-order valence-corrected chi connectivity index (χ4v) is 1.92. The Hall–Kier alpha value is 0.210. The molecule has 66 valence electrons. The summed E-state index contributed by atoms with van der Waals surface area (Å²) < 4.78 is 5.01. The third-order valence-electron chi connectivity index (χ3n) is 2.26. The van der Waals surface area contributed by atoms with E-state index < -0.39 is 0 Å². The van der Waals surface area contributed by atoms with Gasteiger partial charge in [0.1, 0.15) is 0 Å². The molecule has 1 saturated heterocycles. The summed E-state index contributed by atoms with van der Waals surface area (Å²) in [5, 5.41) is 0. The number of hydrogen-bond donors (Lipinski definition) is 0.